The van der Waals surface area contributed by atoms with Gasteiger partial charge in [0.2, 0.25) is 0 Å². The highest BCUT2D eigenvalue weighted by atomic mass is 35.5. The lowest BCUT2D eigenvalue weighted by atomic mass is 9.89. The molecular weight excluding hydrogens is 432 g/mol. The third kappa shape index (κ3) is 6.85. The highest BCUT2D eigenvalue weighted by molar-refractivity contribution is 6.31. The topological polar surface area (TPSA) is 91.8 Å². The molecule has 0 bridgehead atoms. The Labute approximate surface area is 194 Å². The molecule has 176 valence electrons. The Morgan fingerprint density at radius 3 is 2.59 bits per heavy atom. The summed E-state index contributed by atoms with van der Waals surface area (Å²) in [7, 11) is 1.67. The van der Waals surface area contributed by atoms with Crippen LogP contribution in [0.4, 0.5) is 4.79 Å². The maximum atomic E-state index is 11.2. The molecule has 0 saturated heterocycles. The van der Waals surface area contributed by atoms with E-state index in [0.29, 0.717) is 17.1 Å². The normalized spacial score (nSPS) is 15.3. The van der Waals surface area contributed by atoms with Crippen LogP contribution >= 0.6 is 11.6 Å². The number of ether oxygens (including phenoxy) is 3. The van der Waals surface area contributed by atoms with Gasteiger partial charge >= 0.3 is 6.09 Å². The third-order valence-corrected chi connectivity index (χ3v) is 5.73. The van der Waals surface area contributed by atoms with Crippen LogP contribution in [0.3, 0.4) is 0 Å². The number of primary amides is 1. The first-order valence-electron chi connectivity index (χ1n) is 10.8. The maximum Gasteiger partial charge on any atom is 0.404 e. The molecule has 2 heterocycles. The molecule has 9 heteroatoms. The summed E-state index contributed by atoms with van der Waals surface area (Å²) in [6, 6.07) is 8.10. The number of hydrogen-bond acceptors (Lipinski definition) is 6. The molecule has 0 unspecified atom stereocenters. The minimum atomic E-state index is -0.796. The van der Waals surface area contributed by atoms with Crippen molar-refractivity contribution in [2.24, 2.45) is 11.1 Å². The predicted octanol–water partition coefficient (Wildman–Crippen LogP) is 3.98. The molecule has 1 aliphatic heterocycles. The Bertz CT molecular complexity index is 908. The molecule has 0 aliphatic carbocycles. The number of fused-ring (bicyclic) bond motifs is 1. The van der Waals surface area contributed by atoms with E-state index < -0.39 is 12.2 Å². The van der Waals surface area contributed by atoms with Gasteiger partial charge in [0, 0.05) is 19.6 Å². The predicted molar refractivity (Wildman–Crippen MR) is 123 cm³/mol. The van der Waals surface area contributed by atoms with Gasteiger partial charge in [-0.3, -0.25) is 9.58 Å². The van der Waals surface area contributed by atoms with Gasteiger partial charge in [-0.2, -0.15) is 5.10 Å². The highest BCUT2D eigenvalue weighted by Gasteiger charge is 2.25. The molecule has 1 aliphatic rings. The number of carbonyl (C=O) groups excluding carboxylic acids is 1. The molecule has 1 aromatic heterocycles. The van der Waals surface area contributed by atoms with Crippen LogP contribution in [0, 0.1) is 5.41 Å². The SMILES string of the molecule is COc1ccc(CN2CCn3nc(COC[C@H](CC(C)(C)C)OC(N)=O)c(Cl)c3C2)cc1. The number of nitrogens with zero attached hydrogens (tertiary/aromatic N) is 3. The van der Waals surface area contributed by atoms with Gasteiger partial charge < -0.3 is 19.9 Å². The summed E-state index contributed by atoms with van der Waals surface area (Å²) in [5.41, 5.74) is 8.08. The van der Waals surface area contributed by atoms with Crippen molar-refractivity contribution < 1.29 is 19.0 Å². The number of nitrogens with two attached hydrogens (primary N) is 1. The van der Waals surface area contributed by atoms with E-state index in [-0.39, 0.29) is 18.6 Å². The van der Waals surface area contributed by atoms with Crippen LogP contribution in [0.25, 0.3) is 0 Å². The second kappa shape index (κ2) is 10.6. The zero-order valence-corrected chi connectivity index (χ0v) is 20.0. The quantitative estimate of drug-likeness (QED) is 0.603. The van der Waals surface area contributed by atoms with Gasteiger partial charge in [0.05, 0.1) is 37.6 Å². The lowest BCUT2D eigenvalue weighted by molar-refractivity contribution is -0.00165. The van der Waals surface area contributed by atoms with Crippen molar-refractivity contribution >= 4 is 17.7 Å². The minimum absolute atomic E-state index is 0.0258. The molecule has 32 heavy (non-hydrogen) atoms. The lowest BCUT2D eigenvalue weighted by Crippen LogP contribution is -2.33. The van der Waals surface area contributed by atoms with Crippen molar-refractivity contribution in [3.8, 4) is 5.75 Å². The Kier molecular flexibility index (Phi) is 8.03. The van der Waals surface area contributed by atoms with Gasteiger partial charge in [-0.25, -0.2) is 4.79 Å². The van der Waals surface area contributed by atoms with Crippen LogP contribution in [0.1, 0.15) is 44.1 Å². The van der Waals surface area contributed by atoms with Gasteiger partial charge in [0.15, 0.2) is 0 Å². The van der Waals surface area contributed by atoms with Gasteiger partial charge in [-0.05, 0) is 29.5 Å². The number of benzene rings is 1. The van der Waals surface area contributed by atoms with E-state index in [2.05, 4.69) is 42.9 Å². The van der Waals surface area contributed by atoms with Crippen molar-refractivity contribution in [3.63, 3.8) is 0 Å². The molecule has 8 nitrogen and oxygen atoms in total. The summed E-state index contributed by atoms with van der Waals surface area (Å²) in [5, 5.41) is 5.26. The van der Waals surface area contributed by atoms with Crippen LogP contribution < -0.4 is 10.5 Å². The van der Waals surface area contributed by atoms with E-state index in [9.17, 15) is 4.79 Å². The number of halogens is 1. The Morgan fingerprint density at radius 2 is 1.97 bits per heavy atom. The van der Waals surface area contributed by atoms with E-state index in [1.54, 1.807) is 7.11 Å². The molecular formula is C23H33ClN4O4. The van der Waals surface area contributed by atoms with Crippen molar-refractivity contribution in [2.45, 2.75) is 59.5 Å². The van der Waals surface area contributed by atoms with Crippen LogP contribution in [0.5, 0.6) is 5.75 Å². The Balaban J connectivity index is 1.57. The van der Waals surface area contributed by atoms with Crippen LogP contribution in [-0.2, 0) is 35.7 Å². The number of aromatic nitrogens is 2. The molecule has 2 N–H and O–H groups in total. The second-order valence-corrected chi connectivity index (χ2v) is 9.71. The number of carbonyl (C=O) groups is 1. The fourth-order valence-corrected chi connectivity index (χ4v) is 4.13. The molecule has 0 spiro atoms. The average Bonchev–Trinajstić information content (AvgIpc) is 3.02. The second-order valence-electron chi connectivity index (χ2n) is 9.33. The van der Waals surface area contributed by atoms with Gasteiger partial charge in [0.25, 0.3) is 0 Å². The number of hydrogen-bond donors (Lipinski definition) is 1. The smallest absolute Gasteiger partial charge is 0.404 e. The largest absolute Gasteiger partial charge is 0.497 e. The highest BCUT2D eigenvalue weighted by Crippen LogP contribution is 2.27. The van der Waals surface area contributed by atoms with E-state index in [1.165, 1.54) is 5.56 Å². The fourth-order valence-electron chi connectivity index (χ4n) is 3.88. The van der Waals surface area contributed by atoms with Crippen LogP contribution in [0.15, 0.2) is 24.3 Å². The number of amides is 1. The van der Waals surface area contributed by atoms with Gasteiger partial charge in [-0.15, -0.1) is 0 Å². The zero-order chi connectivity index (χ0) is 23.3. The molecule has 0 fully saturated rings. The van der Waals surface area contributed by atoms with E-state index in [0.717, 1.165) is 37.6 Å². The molecule has 3 rings (SSSR count). The van der Waals surface area contributed by atoms with Crippen molar-refractivity contribution in [1.29, 1.82) is 0 Å². The number of rotatable bonds is 9. The average molecular weight is 465 g/mol. The number of methoxy groups -OCH3 is 1. The van der Waals surface area contributed by atoms with Crippen molar-refractivity contribution in [3.05, 3.63) is 46.2 Å². The van der Waals surface area contributed by atoms with Gasteiger partial charge in [0.1, 0.15) is 17.5 Å². The zero-order valence-electron chi connectivity index (χ0n) is 19.3. The monoisotopic (exact) mass is 464 g/mol. The Hall–Kier alpha value is -2.29. The van der Waals surface area contributed by atoms with E-state index in [4.69, 9.17) is 31.5 Å². The minimum Gasteiger partial charge on any atom is -0.497 e. The summed E-state index contributed by atoms with van der Waals surface area (Å²) in [4.78, 5) is 13.5. The van der Waals surface area contributed by atoms with E-state index in [1.807, 2.05) is 16.8 Å². The molecule has 1 amide bonds. The first kappa shape index (κ1) is 24.4. The van der Waals surface area contributed by atoms with Crippen molar-refractivity contribution in [2.75, 3.05) is 20.3 Å². The summed E-state index contributed by atoms with van der Waals surface area (Å²) >= 11 is 6.64. The molecule has 2 aromatic rings. The molecule has 1 aromatic carbocycles. The summed E-state index contributed by atoms with van der Waals surface area (Å²) in [5.74, 6) is 0.851. The first-order valence-corrected chi connectivity index (χ1v) is 11.2. The lowest BCUT2D eigenvalue weighted by Gasteiger charge is -2.27. The van der Waals surface area contributed by atoms with Crippen LogP contribution in [0.2, 0.25) is 5.02 Å². The first-order chi connectivity index (χ1) is 15.1. The van der Waals surface area contributed by atoms with E-state index >= 15 is 0 Å². The molecule has 1 atom stereocenters. The van der Waals surface area contributed by atoms with Crippen LogP contribution in [-0.4, -0.2) is 47.1 Å². The maximum absolute atomic E-state index is 11.2. The molecule has 0 radical (unpaired) electrons. The summed E-state index contributed by atoms with van der Waals surface area (Å²) in [6.07, 6.45) is -0.567. The van der Waals surface area contributed by atoms with Gasteiger partial charge in [-0.1, -0.05) is 44.5 Å². The Morgan fingerprint density at radius 1 is 1.25 bits per heavy atom. The fraction of sp³-hybridized carbons (Fsp3) is 0.565. The summed E-state index contributed by atoms with van der Waals surface area (Å²) in [6.45, 7) is 9.90. The third-order valence-electron chi connectivity index (χ3n) is 5.29. The standard InChI is InChI=1S/C23H33ClN4O4/c1-23(2,3)11-18(32-22(25)29)14-31-15-19-21(24)20-13-27(9-10-28(20)26-19)12-16-5-7-17(30-4)8-6-16/h5-8,18H,9-15H2,1-4H3,(H2,25,29)/t18-/m0/s1. The molecule has 0 saturated carbocycles. The summed E-state index contributed by atoms with van der Waals surface area (Å²) < 4.78 is 18.2. The van der Waals surface area contributed by atoms with Crippen molar-refractivity contribution in [1.82, 2.24) is 14.7 Å².